The predicted molar refractivity (Wildman–Crippen MR) is 45.8 cm³/mol. The minimum absolute atomic E-state index is 0.331. The van der Waals surface area contributed by atoms with E-state index in [0.717, 1.165) is 25.7 Å². The highest BCUT2D eigenvalue weighted by Gasteiger charge is 2.17. The number of aliphatic imine (C=N–C) groups is 1. The predicted octanol–water partition coefficient (Wildman–Crippen LogP) is 1.10. The number of amidine groups is 1. The molecule has 0 amide bonds. The van der Waals surface area contributed by atoms with Crippen molar-refractivity contribution in [3.63, 3.8) is 0 Å². The van der Waals surface area contributed by atoms with E-state index in [0.29, 0.717) is 6.04 Å². The molecule has 1 aliphatic heterocycles. The molecule has 1 rings (SSSR count). The SMILES string of the molecule is CCN1CCO/C1=N\C(C)C. The fraction of sp³-hybridized carbons (Fsp3) is 0.875. The van der Waals surface area contributed by atoms with Crippen LogP contribution < -0.4 is 0 Å². The lowest BCUT2D eigenvalue weighted by atomic mass is 10.4. The first-order chi connectivity index (χ1) is 5.24. The lowest BCUT2D eigenvalue weighted by molar-refractivity contribution is 0.348. The third kappa shape index (κ3) is 2.10. The van der Waals surface area contributed by atoms with Crippen LogP contribution in [0.15, 0.2) is 4.99 Å². The van der Waals surface area contributed by atoms with Crippen LogP contribution in [0.5, 0.6) is 0 Å². The van der Waals surface area contributed by atoms with Gasteiger partial charge in [-0.3, -0.25) is 0 Å². The molecule has 1 heterocycles. The van der Waals surface area contributed by atoms with E-state index >= 15 is 0 Å². The van der Waals surface area contributed by atoms with Gasteiger partial charge >= 0.3 is 0 Å². The van der Waals surface area contributed by atoms with Gasteiger partial charge in [-0.2, -0.15) is 0 Å². The Morgan fingerprint density at radius 1 is 1.64 bits per heavy atom. The molecule has 0 aromatic rings. The van der Waals surface area contributed by atoms with Gasteiger partial charge in [0.15, 0.2) is 0 Å². The second-order valence-electron chi connectivity index (χ2n) is 2.93. The van der Waals surface area contributed by atoms with Crippen molar-refractivity contribution in [1.29, 1.82) is 0 Å². The molecular weight excluding hydrogens is 140 g/mol. The van der Waals surface area contributed by atoms with E-state index in [9.17, 15) is 0 Å². The summed E-state index contributed by atoms with van der Waals surface area (Å²) in [5.74, 6) is 0. The standard InChI is InChI=1S/C8H16N2O/c1-4-10-5-6-11-8(10)9-7(2)3/h7H,4-6H2,1-3H3/b9-8-. The van der Waals surface area contributed by atoms with Crippen LogP contribution in [0.2, 0.25) is 0 Å². The molecular formula is C8H16N2O. The van der Waals surface area contributed by atoms with E-state index in [1.54, 1.807) is 0 Å². The zero-order chi connectivity index (χ0) is 8.27. The van der Waals surface area contributed by atoms with Crippen LogP contribution in [0, 0.1) is 0 Å². The summed E-state index contributed by atoms with van der Waals surface area (Å²) in [6, 6.07) is 1.15. The fourth-order valence-electron chi connectivity index (χ4n) is 1.07. The molecule has 64 valence electrons. The van der Waals surface area contributed by atoms with Crippen LogP contribution in [0.25, 0.3) is 0 Å². The molecule has 0 aliphatic carbocycles. The van der Waals surface area contributed by atoms with Gasteiger partial charge in [-0.15, -0.1) is 0 Å². The van der Waals surface area contributed by atoms with Gasteiger partial charge in [0.05, 0.1) is 6.54 Å². The van der Waals surface area contributed by atoms with Gasteiger partial charge in [0.1, 0.15) is 6.61 Å². The molecule has 1 aliphatic rings. The molecule has 0 unspecified atom stereocenters. The topological polar surface area (TPSA) is 24.8 Å². The van der Waals surface area contributed by atoms with E-state index in [1.807, 2.05) is 0 Å². The Labute approximate surface area is 68.1 Å². The highest BCUT2D eigenvalue weighted by Crippen LogP contribution is 2.04. The quantitative estimate of drug-likeness (QED) is 0.598. The van der Waals surface area contributed by atoms with Crippen LogP contribution in [-0.4, -0.2) is 36.7 Å². The Bertz CT molecular complexity index is 154. The van der Waals surface area contributed by atoms with Gasteiger partial charge in [-0.25, -0.2) is 4.99 Å². The van der Waals surface area contributed by atoms with Gasteiger partial charge in [0.25, 0.3) is 6.02 Å². The Hall–Kier alpha value is -0.730. The van der Waals surface area contributed by atoms with Crippen LogP contribution in [0.4, 0.5) is 0 Å². The Balaban J connectivity index is 2.55. The average molecular weight is 156 g/mol. The number of rotatable bonds is 2. The molecule has 0 bridgehead atoms. The lowest BCUT2D eigenvalue weighted by Gasteiger charge is -2.12. The third-order valence-corrected chi connectivity index (χ3v) is 1.61. The molecule has 0 radical (unpaired) electrons. The summed E-state index contributed by atoms with van der Waals surface area (Å²) < 4.78 is 5.34. The van der Waals surface area contributed by atoms with Gasteiger partial charge < -0.3 is 9.64 Å². The Morgan fingerprint density at radius 3 is 2.91 bits per heavy atom. The molecule has 0 saturated carbocycles. The van der Waals surface area contributed by atoms with Crippen LogP contribution in [0.1, 0.15) is 20.8 Å². The molecule has 3 nitrogen and oxygen atoms in total. The number of hydrogen-bond donors (Lipinski definition) is 0. The van der Waals surface area contributed by atoms with Crippen molar-refractivity contribution in [3.05, 3.63) is 0 Å². The average Bonchev–Trinajstić information content (AvgIpc) is 2.34. The van der Waals surface area contributed by atoms with E-state index in [2.05, 4.69) is 30.7 Å². The summed E-state index contributed by atoms with van der Waals surface area (Å²) in [5.41, 5.74) is 0. The minimum atomic E-state index is 0.331. The highest BCUT2D eigenvalue weighted by molar-refractivity contribution is 5.75. The summed E-state index contributed by atoms with van der Waals surface area (Å²) in [7, 11) is 0. The molecule has 1 fully saturated rings. The van der Waals surface area contributed by atoms with E-state index in [-0.39, 0.29) is 0 Å². The van der Waals surface area contributed by atoms with Gasteiger partial charge in [0, 0.05) is 12.6 Å². The monoisotopic (exact) mass is 156 g/mol. The highest BCUT2D eigenvalue weighted by atomic mass is 16.5. The van der Waals surface area contributed by atoms with Crippen molar-refractivity contribution in [2.24, 2.45) is 4.99 Å². The van der Waals surface area contributed by atoms with Crippen LogP contribution >= 0.6 is 0 Å². The smallest absolute Gasteiger partial charge is 0.287 e. The van der Waals surface area contributed by atoms with E-state index in [4.69, 9.17) is 4.74 Å². The maximum absolute atomic E-state index is 5.34. The summed E-state index contributed by atoms with van der Waals surface area (Å²) in [5, 5.41) is 0. The normalized spacial score (nSPS) is 21.5. The molecule has 1 saturated heterocycles. The van der Waals surface area contributed by atoms with Gasteiger partial charge in [-0.05, 0) is 20.8 Å². The summed E-state index contributed by atoms with van der Waals surface area (Å²) in [6.07, 6.45) is 0. The fourth-order valence-corrected chi connectivity index (χ4v) is 1.07. The first-order valence-corrected chi connectivity index (χ1v) is 4.19. The largest absolute Gasteiger partial charge is 0.463 e. The first kappa shape index (κ1) is 8.37. The van der Waals surface area contributed by atoms with Crippen molar-refractivity contribution in [1.82, 2.24) is 4.90 Å². The molecule has 0 N–H and O–H groups in total. The molecule has 3 heteroatoms. The van der Waals surface area contributed by atoms with Gasteiger partial charge in [0.2, 0.25) is 0 Å². The van der Waals surface area contributed by atoms with E-state index in [1.165, 1.54) is 0 Å². The number of likely N-dealkylation sites (N-methyl/N-ethyl adjacent to an activating group) is 1. The summed E-state index contributed by atoms with van der Waals surface area (Å²) in [6.45, 7) is 9.00. The van der Waals surface area contributed by atoms with Crippen LogP contribution in [-0.2, 0) is 4.74 Å². The Kier molecular flexibility index (Phi) is 2.74. The van der Waals surface area contributed by atoms with Gasteiger partial charge in [-0.1, -0.05) is 0 Å². The summed E-state index contributed by atoms with van der Waals surface area (Å²) in [4.78, 5) is 6.50. The summed E-state index contributed by atoms with van der Waals surface area (Å²) >= 11 is 0. The minimum Gasteiger partial charge on any atom is -0.463 e. The van der Waals surface area contributed by atoms with Crippen molar-refractivity contribution in [3.8, 4) is 0 Å². The lowest BCUT2D eigenvalue weighted by Crippen LogP contribution is -2.25. The van der Waals surface area contributed by atoms with Crippen LogP contribution in [0.3, 0.4) is 0 Å². The van der Waals surface area contributed by atoms with Crippen molar-refractivity contribution < 1.29 is 4.74 Å². The molecule has 0 aromatic carbocycles. The number of nitrogens with zero attached hydrogens (tertiary/aromatic N) is 2. The molecule has 0 atom stereocenters. The maximum Gasteiger partial charge on any atom is 0.287 e. The maximum atomic E-state index is 5.34. The second-order valence-corrected chi connectivity index (χ2v) is 2.93. The number of ether oxygens (including phenoxy) is 1. The second kappa shape index (κ2) is 3.60. The zero-order valence-corrected chi connectivity index (χ0v) is 7.50. The molecule has 11 heavy (non-hydrogen) atoms. The zero-order valence-electron chi connectivity index (χ0n) is 7.50. The van der Waals surface area contributed by atoms with E-state index < -0.39 is 0 Å². The Morgan fingerprint density at radius 2 is 2.36 bits per heavy atom. The first-order valence-electron chi connectivity index (χ1n) is 4.19. The molecule has 0 spiro atoms. The third-order valence-electron chi connectivity index (χ3n) is 1.61. The molecule has 0 aromatic heterocycles. The van der Waals surface area contributed by atoms with Crippen molar-refractivity contribution >= 4 is 6.02 Å². The number of hydrogen-bond acceptors (Lipinski definition) is 2. The van der Waals surface area contributed by atoms with Crippen molar-refractivity contribution in [2.45, 2.75) is 26.8 Å². The van der Waals surface area contributed by atoms with Crippen molar-refractivity contribution in [2.75, 3.05) is 19.7 Å².